The van der Waals surface area contributed by atoms with Gasteiger partial charge >= 0.3 is 6.18 Å². The molecule has 0 unspecified atom stereocenters. The molecule has 4 rings (SSSR count). The third kappa shape index (κ3) is 4.99. The summed E-state index contributed by atoms with van der Waals surface area (Å²) >= 11 is 0. The lowest BCUT2D eigenvalue weighted by Gasteiger charge is -2.12. The molecule has 196 valence electrons. The van der Waals surface area contributed by atoms with E-state index in [9.17, 15) is 26.7 Å². The molecule has 3 aromatic heterocycles. The molecule has 0 fully saturated rings. The lowest BCUT2D eigenvalue weighted by molar-refractivity contribution is -0.140. The molecular formula is C24H22F5N5O3. The lowest BCUT2D eigenvalue weighted by Crippen LogP contribution is -2.19. The number of fused-ring (bicyclic) bond motifs is 1. The average molecular weight is 523 g/mol. The second-order valence-electron chi connectivity index (χ2n) is 8.32. The van der Waals surface area contributed by atoms with Gasteiger partial charge in [-0.1, -0.05) is 6.07 Å². The Bertz CT molecular complexity index is 1470. The highest BCUT2D eigenvalue weighted by molar-refractivity contribution is 6.05. The van der Waals surface area contributed by atoms with Gasteiger partial charge in [0.05, 0.1) is 35.8 Å². The van der Waals surface area contributed by atoms with Gasteiger partial charge in [-0.2, -0.15) is 18.3 Å². The molecule has 0 spiro atoms. The number of ether oxygens (including phenoxy) is 1. The van der Waals surface area contributed by atoms with Crippen molar-refractivity contribution < 1.29 is 36.6 Å². The first-order valence-corrected chi connectivity index (χ1v) is 11.0. The van der Waals surface area contributed by atoms with Gasteiger partial charge in [-0.15, -0.1) is 0 Å². The van der Waals surface area contributed by atoms with Crippen molar-refractivity contribution in [2.75, 3.05) is 11.9 Å². The summed E-state index contributed by atoms with van der Waals surface area (Å²) in [7, 11) is 0. The van der Waals surface area contributed by atoms with E-state index in [0.29, 0.717) is 5.56 Å². The highest BCUT2D eigenvalue weighted by Gasteiger charge is 2.39. The van der Waals surface area contributed by atoms with E-state index in [0.717, 1.165) is 16.8 Å². The van der Waals surface area contributed by atoms with Crippen LogP contribution in [0.2, 0.25) is 0 Å². The van der Waals surface area contributed by atoms with Crippen LogP contribution in [0.5, 0.6) is 5.75 Å². The quantitative estimate of drug-likeness (QED) is 0.346. The number of carbonyl (C=O) groups is 1. The van der Waals surface area contributed by atoms with Crippen LogP contribution in [0.1, 0.15) is 38.7 Å². The van der Waals surface area contributed by atoms with Crippen LogP contribution in [0.15, 0.2) is 30.5 Å². The number of nitrogens with one attached hydrogen (secondary N) is 1. The Morgan fingerprint density at radius 1 is 1.16 bits per heavy atom. The van der Waals surface area contributed by atoms with Crippen molar-refractivity contribution in [1.29, 1.82) is 0 Å². The number of alkyl halides is 3. The van der Waals surface area contributed by atoms with Crippen LogP contribution in [0.25, 0.3) is 5.65 Å². The average Bonchev–Trinajstić information content (AvgIpc) is 3.30. The van der Waals surface area contributed by atoms with Gasteiger partial charge < -0.3 is 15.2 Å². The van der Waals surface area contributed by atoms with Gasteiger partial charge in [-0.3, -0.25) is 13.9 Å². The van der Waals surface area contributed by atoms with Crippen LogP contribution >= 0.6 is 0 Å². The summed E-state index contributed by atoms with van der Waals surface area (Å²) in [5, 5.41) is 14.9. The van der Waals surface area contributed by atoms with Crippen molar-refractivity contribution in [3.8, 4) is 5.75 Å². The van der Waals surface area contributed by atoms with Crippen LogP contribution in [0.4, 0.5) is 27.6 Å². The maximum Gasteiger partial charge on any atom is 0.437 e. The number of rotatable bonds is 7. The first-order chi connectivity index (χ1) is 17.4. The van der Waals surface area contributed by atoms with E-state index in [-0.39, 0.29) is 40.6 Å². The SMILES string of the molecule is Cc1cc(OCc2c(F)cccc2F)c2nc(C)c(C(=O)Nc3c(C(F)(F)F)nn(CCO)c3C)n2c1. The summed E-state index contributed by atoms with van der Waals surface area (Å²) in [5.41, 5.74) is -1.29. The number of anilines is 1. The van der Waals surface area contributed by atoms with Gasteiger partial charge in [0.2, 0.25) is 0 Å². The van der Waals surface area contributed by atoms with E-state index in [4.69, 9.17) is 9.84 Å². The minimum Gasteiger partial charge on any atom is -0.485 e. The Morgan fingerprint density at radius 2 is 1.84 bits per heavy atom. The van der Waals surface area contributed by atoms with Crippen molar-refractivity contribution in [2.24, 2.45) is 0 Å². The highest BCUT2D eigenvalue weighted by Crippen LogP contribution is 2.36. The predicted octanol–water partition coefficient (Wildman–Crippen LogP) is 4.58. The number of hydrogen-bond donors (Lipinski definition) is 2. The van der Waals surface area contributed by atoms with Gasteiger partial charge in [0, 0.05) is 6.20 Å². The molecule has 1 amide bonds. The number of aliphatic hydroxyl groups is 1. The van der Waals surface area contributed by atoms with Gasteiger partial charge in [-0.25, -0.2) is 13.8 Å². The Labute approximate surface area is 207 Å². The van der Waals surface area contributed by atoms with Gasteiger partial charge in [0.25, 0.3) is 5.91 Å². The van der Waals surface area contributed by atoms with Crippen molar-refractivity contribution in [3.63, 3.8) is 0 Å². The number of aromatic nitrogens is 4. The Balaban J connectivity index is 1.72. The molecule has 1 aromatic carbocycles. The maximum absolute atomic E-state index is 14.0. The number of hydrogen-bond acceptors (Lipinski definition) is 5. The van der Waals surface area contributed by atoms with Gasteiger partial charge in [-0.05, 0) is 44.5 Å². The molecule has 4 aromatic rings. The molecule has 3 heterocycles. The number of benzene rings is 1. The second-order valence-corrected chi connectivity index (χ2v) is 8.32. The first kappa shape index (κ1) is 26.1. The van der Waals surface area contributed by atoms with Crippen molar-refractivity contribution >= 4 is 17.2 Å². The molecule has 0 saturated carbocycles. The number of amides is 1. The first-order valence-electron chi connectivity index (χ1n) is 11.0. The zero-order valence-electron chi connectivity index (χ0n) is 20.0. The summed E-state index contributed by atoms with van der Waals surface area (Å²) in [4.78, 5) is 17.5. The van der Waals surface area contributed by atoms with Gasteiger partial charge in [0.15, 0.2) is 17.1 Å². The molecule has 0 bridgehead atoms. The molecule has 8 nitrogen and oxygen atoms in total. The summed E-state index contributed by atoms with van der Waals surface area (Å²) in [5.74, 6) is -2.35. The molecule has 0 aliphatic rings. The molecule has 37 heavy (non-hydrogen) atoms. The standard InChI is InChI=1S/C24H22F5N5O3/c1-12-9-18(37-11-15-16(25)5-4-6-17(15)26)22-30-13(2)20(33(22)10-12)23(36)31-19-14(3)34(7-8-35)32-21(19)24(27,28)29/h4-6,9-10,35H,7-8,11H2,1-3H3,(H,31,36). The number of aliphatic hydroxyl groups excluding tert-OH is 1. The summed E-state index contributed by atoms with van der Waals surface area (Å²) in [6.07, 6.45) is -3.32. The Morgan fingerprint density at radius 3 is 2.46 bits per heavy atom. The molecule has 0 saturated heterocycles. The van der Waals surface area contributed by atoms with Crippen LogP contribution < -0.4 is 10.1 Å². The smallest absolute Gasteiger partial charge is 0.437 e. The minimum absolute atomic E-state index is 0.00770. The molecule has 13 heteroatoms. The van der Waals surface area contributed by atoms with Crippen LogP contribution in [0, 0.1) is 32.4 Å². The number of pyridine rings is 1. The van der Waals surface area contributed by atoms with E-state index in [2.05, 4.69) is 15.4 Å². The van der Waals surface area contributed by atoms with Crippen LogP contribution in [-0.4, -0.2) is 36.8 Å². The van der Waals surface area contributed by atoms with Gasteiger partial charge in [0.1, 0.15) is 23.9 Å². The second kappa shape index (κ2) is 9.81. The fourth-order valence-corrected chi connectivity index (χ4v) is 3.94. The molecular weight excluding hydrogens is 501 g/mol. The summed E-state index contributed by atoms with van der Waals surface area (Å²) in [6, 6.07) is 4.97. The van der Waals surface area contributed by atoms with E-state index in [1.54, 1.807) is 13.0 Å². The topological polar surface area (TPSA) is 93.7 Å². The van der Waals surface area contributed by atoms with Crippen LogP contribution in [-0.2, 0) is 19.3 Å². The number of imidazole rings is 1. The number of aryl methyl sites for hydroxylation is 2. The fraction of sp³-hybridized carbons (Fsp3) is 0.292. The predicted molar refractivity (Wildman–Crippen MR) is 122 cm³/mol. The monoisotopic (exact) mass is 523 g/mol. The lowest BCUT2D eigenvalue weighted by atomic mass is 10.2. The number of carbonyl (C=O) groups excluding carboxylic acids is 1. The van der Waals surface area contributed by atoms with Crippen molar-refractivity contribution in [2.45, 2.75) is 40.1 Å². The molecule has 0 aliphatic carbocycles. The number of nitrogens with zero attached hydrogens (tertiary/aromatic N) is 4. The third-order valence-corrected chi connectivity index (χ3v) is 5.67. The number of halogens is 5. The maximum atomic E-state index is 14.0. The highest BCUT2D eigenvalue weighted by atomic mass is 19.4. The van der Waals surface area contributed by atoms with E-state index in [1.807, 2.05) is 0 Å². The molecule has 0 radical (unpaired) electrons. The Kier molecular flexibility index (Phi) is 6.91. The molecule has 0 aliphatic heterocycles. The van der Waals surface area contributed by atoms with Crippen molar-refractivity contribution in [1.82, 2.24) is 19.2 Å². The van der Waals surface area contributed by atoms with E-state index < -0.39 is 48.3 Å². The van der Waals surface area contributed by atoms with Crippen LogP contribution in [0.3, 0.4) is 0 Å². The molecule has 2 N–H and O–H groups in total. The Hall–Kier alpha value is -4.00. The van der Waals surface area contributed by atoms with E-state index in [1.165, 1.54) is 30.5 Å². The summed E-state index contributed by atoms with van der Waals surface area (Å²) < 4.78 is 76.9. The minimum atomic E-state index is -4.86. The molecule has 0 atom stereocenters. The normalized spacial score (nSPS) is 11.8. The fourth-order valence-electron chi connectivity index (χ4n) is 3.94. The zero-order valence-corrected chi connectivity index (χ0v) is 20.0. The van der Waals surface area contributed by atoms with Crippen molar-refractivity contribution in [3.05, 3.63) is 76.0 Å². The third-order valence-electron chi connectivity index (χ3n) is 5.67. The summed E-state index contributed by atoms with van der Waals surface area (Å²) in [6.45, 7) is 3.42. The largest absolute Gasteiger partial charge is 0.485 e. The van der Waals surface area contributed by atoms with E-state index >= 15 is 0 Å². The zero-order chi connectivity index (χ0) is 27.1.